The summed E-state index contributed by atoms with van der Waals surface area (Å²) in [5, 5.41) is 8.27. The molecule has 36 heavy (non-hydrogen) atoms. The molecule has 1 fully saturated rings. The van der Waals surface area contributed by atoms with Crippen LogP contribution in [0.4, 0.5) is 11.6 Å². The van der Waals surface area contributed by atoms with Gasteiger partial charge in [-0.2, -0.15) is 0 Å². The lowest BCUT2D eigenvalue weighted by atomic mass is 9.83. The Morgan fingerprint density at radius 3 is 2.64 bits per heavy atom. The Bertz CT molecular complexity index is 1300. The molecule has 0 radical (unpaired) electrons. The number of esters is 1. The molecule has 10 nitrogen and oxygen atoms in total. The number of rotatable bonds is 7. The molecular formula is C23H26Cl2N5O5P. The fourth-order valence-corrected chi connectivity index (χ4v) is 5.94. The van der Waals surface area contributed by atoms with Gasteiger partial charge in [-0.15, -0.1) is 9.55 Å². The zero-order chi connectivity index (χ0) is 26.1. The quantitative estimate of drug-likeness (QED) is 0.214. The molecule has 2 unspecified atom stereocenters. The first-order valence-corrected chi connectivity index (χ1v) is 13.4. The van der Waals surface area contributed by atoms with Gasteiger partial charge in [0.2, 0.25) is 0 Å². The summed E-state index contributed by atoms with van der Waals surface area (Å²) in [7, 11) is -4.11. The summed E-state index contributed by atoms with van der Waals surface area (Å²) in [5.41, 5.74) is 7.21. The number of carbonyl (C=O) groups excluding carboxylic acids is 1. The molecule has 0 bridgehead atoms. The minimum Gasteiger partial charge on any atom is -0.462 e. The van der Waals surface area contributed by atoms with Gasteiger partial charge < -0.3 is 15.8 Å². The predicted octanol–water partition coefficient (Wildman–Crippen LogP) is 5.73. The molecular weight excluding hydrogens is 528 g/mol. The number of benzene rings is 1. The van der Waals surface area contributed by atoms with E-state index >= 15 is 0 Å². The standard InChI is InChI=1S/C23H26Cl2N5O5P/c1-4-33-22(31)18-20(26)30(29-21(18)28-12-14-5-10-17(25)27-11-14)36(32)34-13-23(2,3)19(35-36)15-6-8-16(24)9-7-15/h5-11,19H,4,12-13,26H2,1-3H3,(H,28,29). The number of nitrogens with zero attached hydrogens (tertiary/aromatic N) is 3. The zero-order valence-corrected chi connectivity index (χ0v) is 22.3. The van der Waals surface area contributed by atoms with E-state index in [1.807, 2.05) is 13.8 Å². The van der Waals surface area contributed by atoms with Crippen molar-refractivity contribution < 1.29 is 23.1 Å². The van der Waals surface area contributed by atoms with E-state index in [0.29, 0.717) is 10.2 Å². The molecule has 1 aliphatic rings. The highest BCUT2D eigenvalue weighted by atomic mass is 35.5. The maximum absolute atomic E-state index is 14.0. The molecule has 2 aromatic heterocycles. The van der Waals surface area contributed by atoms with E-state index in [9.17, 15) is 9.36 Å². The second-order valence-electron chi connectivity index (χ2n) is 8.83. The first kappa shape index (κ1) is 26.4. The van der Waals surface area contributed by atoms with Crippen molar-refractivity contribution in [3.63, 3.8) is 0 Å². The number of ether oxygens (including phenoxy) is 1. The number of hydrogen-bond acceptors (Lipinski definition) is 9. The van der Waals surface area contributed by atoms with Gasteiger partial charge in [0.25, 0.3) is 0 Å². The lowest BCUT2D eigenvalue weighted by Crippen LogP contribution is -2.34. The molecule has 3 heterocycles. The SMILES string of the molecule is CCOC(=O)c1c(NCc2ccc(Cl)nc2)nn(P2(=O)OCC(C)(C)C(c3ccc(Cl)cc3)O2)c1N. The molecule has 0 spiro atoms. The lowest BCUT2D eigenvalue weighted by Gasteiger charge is -2.41. The molecule has 2 atom stereocenters. The van der Waals surface area contributed by atoms with E-state index < -0.39 is 25.2 Å². The number of carbonyl (C=O) groups is 1. The third-order valence-corrected chi connectivity index (χ3v) is 7.76. The predicted molar refractivity (Wildman–Crippen MR) is 137 cm³/mol. The second kappa shape index (κ2) is 10.4. The van der Waals surface area contributed by atoms with Gasteiger partial charge in [-0.25, -0.2) is 14.3 Å². The number of halogens is 2. The third-order valence-electron chi connectivity index (χ3n) is 5.58. The first-order chi connectivity index (χ1) is 17.0. The lowest BCUT2D eigenvalue weighted by molar-refractivity contribution is -0.0304. The van der Waals surface area contributed by atoms with Gasteiger partial charge in [-0.1, -0.05) is 55.2 Å². The van der Waals surface area contributed by atoms with Crippen LogP contribution in [0.2, 0.25) is 10.2 Å². The average molecular weight is 554 g/mol. The Hall–Kier alpha value is -2.62. The van der Waals surface area contributed by atoms with Crippen molar-refractivity contribution in [2.45, 2.75) is 33.4 Å². The molecule has 1 aromatic carbocycles. The first-order valence-electron chi connectivity index (χ1n) is 11.1. The largest absolute Gasteiger partial charge is 0.462 e. The number of pyridine rings is 1. The Kier molecular flexibility index (Phi) is 7.64. The fraction of sp³-hybridized carbons (Fsp3) is 0.348. The summed E-state index contributed by atoms with van der Waals surface area (Å²) in [5.74, 6) is -0.865. The molecule has 0 aliphatic carbocycles. The van der Waals surface area contributed by atoms with Crippen LogP contribution < -0.4 is 11.1 Å². The number of nitrogens with two attached hydrogens (primary N) is 1. The van der Waals surface area contributed by atoms with Crippen LogP contribution in [0.3, 0.4) is 0 Å². The van der Waals surface area contributed by atoms with Crippen LogP contribution >= 0.6 is 30.9 Å². The molecule has 0 saturated carbocycles. The summed E-state index contributed by atoms with van der Waals surface area (Å²) in [4.78, 5) is 16.8. The van der Waals surface area contributed by atoms with Crippen LogP contribution in [0.15, 0.2) is 42.6 Å². The van der Waals surface area contributed by atoms with E-state index in [4.69, 9.17) is 42.7 Å². The van der Waals surface area contributed by atoms with Crippen molar-refractivity contribution in [2.24, 2.45) is 5.41 Å². The fourth-order valence-electron chi connectivity index (χ4n) is 3.71. The van der Waals surface area contributed by atoms with Gasteiger partial charge in [-0.05, 0) is 36.2 Å². The molecule has 192 valence electrons. The van der Waals surface area contributed by atoms with E-state index in [-0.39, 0.29) is 37.0 Å². The second-order valence-corrected chi connectivity index (χ2v) is 11.4. The summed E-state index contributed by atoms with van der Waals surface area (Å²) in [6.45, 7) is 5.96. The molecule has 3 N–H and O–H groups in total. The molecule has 4 rings (SSSR count). The van der Waals surface area contributed by atoms with Crippen molar-refractivity contribution in [3.8, 4) is 0 Å². The van der Waals surface area contributed by atoms with Crippen molar-refractivity contribution in [1.29, 1.82) is 0 Å². The Balaban J connectivity index is 1.70. The minimum absolute atomic E-state index is 0.0659. The molecule has 1 aliphatic heterocycles. The number of anilines is 2. The highest BCUT2D eigenvalue weighted by molar-refractivity contribution is 7.52. The molecule has 3 aromatic rings. The third kappa shape index (κ3) is 5.38. The van der Waals surface area contributed by atoms with Gasteiger partial charge in [-0.3, -0.25) is 9.05 Å². The normalized spacial score (nSPS) is 21.2. The van der Waals surface area contributed by atoms with Crippen LogP contribution in [0.5, 0.6) is 0 Å². The van der Waals surface area contributed by atoms with E-state index in [1.54, 1.807) is 49.5 Å². The van der Waals surface area contributed by atoms with Crippen LogP contribution in [0.1, 0.15) is 48.4 Å². The van der Waals surface area contributed by atoms with Crippen molar-refractivity contribution >= 4 is 48.6 Å². The van der Waals surface area contributed by atoms with E-state index in [0.717, 1.165) is 15.6 Å². The smallest absolute Gasteiger partial charge is 0.457 e. The van der Waals surface area contributed by atoms with E-state index in [1.165, 1.54) is 0 Å². The average Bonchev–Trinajstić information content (AvgIpc) is 3.18. The van der Waals surface area contributed by atoms with Gasteiger partial charge >= 0.3 is 13.7 Å². The highest BCUT2D eigenvalue weighted by Crippen LogP contribution is 2.62. The monoisotopic (exact) mass is 553 g/mol. The van der Waals surface area contributed by atoms with Crippen LogP contribution in [-0.2, 0) is 24.9 Å². The number of nitrogens with one attached hydrogen (secondary N) is 1. The van der Waals surface area contributed by atoms with Gasteiger partial charge in [0.1, 0.15) is 22.6 Å². The van der Waals surface area contributed by atoms with Gasteiger partial charge in [0, 0.05) is 23.2 Å². The van der Waals surface area contributed by atoms with Crippen molar-refractivity contribution in [2.75, 3.05) is 24.3 Å². The maximum Gasteiger partial charge on any atom is 0.457 e. The summed E-state index contributed by atoms with van der Waals surface area (Å²) < 4.78 is 31.9. The number of aromatic nitrogens is 3. The Morgan fingerprint density at radius 1 is 1.28 bits per heavy atom. The summed E-state index contributed by atoms with van der Waals surface area (Å²) in [6.07, 6.45) is 0.953. The Labute approximate surface area is 218 Å². The molecule has 0 amide bonds. The minimum atomic E-state index is -4.11. The summed E-state index contributed by atoms with van der Waals surface area (Å²) >= 11 is 11.9. The van der Waals surface area contributed by atoms with E-state index in [2.05, 4.69) is 15.4 Å². The molecule has 1 saturated heterocycles. The van der Waals surface area contributed by atoms with Crippen LogP contribution in [-0.4, -0.2) is 33.7 Å². The topological polar surface area (TPSA) is 131 Å². The Morgan fingerprint density at radius 2 is 2.00 bits per heavy atom. The zero-order valence-electron chi connectivity index (χ0n) is 19.9. The number of hydrogen-bond donors (Lipinski definition) is 2. The van der Waals surface area contributed by atoms with Crippen molar-refractivity contribution in [1.82, 2.24) is 14.5 Å². The summed E-state index contributed by atoms with van der Waals surface area (Å²) in [6, 6.07) is 10.5. The van der Waals surface area contributed by atoms with Gasteiger partial charge in [0.05, 0.1) is 13.2 Å². The van der Waals surface area contributed by atoms with Crippen molar-refractivity contribution in [3.05, 3.63) is 69.5 Å². The highest BCUT2D eigenvalue weighted by Gasteiger charge is 2.48. The van der Waals surface area contributed by atoms with Gasteiger partial charge in [0.15, 0.2) is 5.82 Å². The molecule has 13 heteroatoms. The number of nitrogen functional groups attached to an aromatic ring is 1. The maximum atomic E-state index is 14.0. The van der Waals surface area contributed by atoms with Crippen LogP contribution in [0.25, 0.3) is 0 Å². The van der Waals surface area contributed by atoms with Crippen LogP contribution in [0, 0.1) is 5.41 Å².